The Morgan fingerprint density at radius 3 is 2.70 bits per heavy atom. The first kappa shape index (κ1) is 14.3. The van der Waals surface area contributed by atoms with Crippen molar-refractivity contribution >= 4 is 17.5 Å². The van der Waals surface area contributed by atoms with Crippen LogP contribution >= 0.6 is 0 Å². The highest BCUT2D eigenvalue weighted by molar-refractivity contribution is 5.81. The van der Waals surface area contributed by atoms with Gasteiger partial charge in [-0.05, 0) is 19.3 Å². The summed E-state index contributed by atoms with van der Waals surface area (Å²) in [6.45, 7) is 1.84. The standard InChI is InChI=1S/C12H20N6O2/c1-20-10-11(15-8-16-12(10)17-13)14-7-9(19)18-5-3-2-4-6-18/h8H,2-7,13H2,1H3,(H2,14,15,16,17). The summed E-state index contributed by atoms with van der Waals surface area (Å²) >= 11 is 0. The van der Waals surface area contributed by atoms with E-state index in [1.165, 1.54) is 19.9 Å². The Labute approximate surface area is 117 Å². The van der Waals surface area contributed by atoms with E-state index in [4.69, 9.17) is 10.6 Å². The maximum atomic E-state index is 12.1. The number of carbonyl (C=O) groups excluding carboxylic acids is 1. The number of aromatic nitrogens is 2. The third-order valence-corrected chi connectivity index (χ3v) is 3.26. The number of nitrogens with one attached hydrogen (secondary N) is 2. The second-order valence-corrected chi connectivity index (χ2v) is 4.54. The Kier molecular flexibility index (Phi) is 4.94. The number of hydrogen-bond acceptors (Lipinski definition) is 7. The number of ether oxygens (including phenoxy) is 1. The number of nitrogens with zero attached hydrogens (tertiary/aromatic N) is 3. The van der Waals surface area contributed by atoms with Crippen LogP contribution in [0.2, 0.25) is 0 Å². The molecule has 0 saturated carbocycles. The van der Waals surface area contributed by atoms with Crippen LogP contribution in [0.25, 0.3) is 0 Å². The highest BCUT2D eigenvalue weighted by Crippen LogP contribution is 2.27. The molecule has 1 aliphatic rings. The van der Waals surface area contributed by atoms with Crippen molar-refractivity contribution in [2.45, 2.75) is 19.3 Å². The van der Waals surface area contributed by atoms with E-state index in [1.807, 2.05) is 4.90 Å². The first-order chi connectivity index (χ1) is 9.76. The maximum Gasteiger partial charge on any atom is 0.241 e. The van der Waals surface area contributed by atoms with Crippen LogP contribution in [0.1, 0.15) is 19.3 Å². The van der Waals surface area contributed by atoms with E-state index in [0.29, 0.717) is 17.4 Å². The molecule has 8 heteroatoms. The normalized spacial score (nSPS) is 14.8. The average Bonchev–Trinajstić information content (AvgIpc) is 2.52. The lowest BCUT2D eigenvalue weighted by Crippen LogP contribution is -2.39. The SMILES string of the molecule is COc1c(NN)ncnc1NCC(=O)N1CCCCC1. The Morgan fingerprint density at radius 2 is 2.05 bits per heavy atom. The molecule has 1 aromatic heterocycles. The minimum atomic E-state index is 0.0626. The molecule has 0 radical (unpaired) electrons. The lowest BCUT2D eigenvalue weighted by molar-refractivity contribution is -0.130. The van der Waals surface area contributed by atoms with Crippen molar-refractivity contribution in [1.82, 2.24) is 14.9 Å². The number of nitrogen functional groups attached to an aromatic ring is 1. The van der Waals surface area contributed by atoms with E-state index >= 15 is 0 Å². The van der Waals surface area contributed by atoms with Crippen molar-refractivity contribution in [1.29, 1.82) is 0 Å². The number of rotatable bonds is 5. The van der Waals surface area contributed by atoms with Gasteiger partial charge < -0.3 is 20.4 Å². The first-order valence-electron chi connectivity index (χ1n) is 6.63. The van der Waals surface area contributed by atoms with Gasteiger partial charge in [0.2, 0.25) is 11.7 Å². The molecule has 1 aliphatic heterocycles. The quantitative estimate of drug-likeness (QED) is 0.522. The second kappa shape index (κ2) is 6.90. The van der Waals surface area contributed by atoms with E-state index < -0.39 is 0 Å². The number of piperidine rings is 1. The molecule has 0 unspecified atom stereocenters. The zero-order valence-corrected chi connectivity index (χ0v) is 11.6. The van der Waals surface area contributed by atoms with Gasteiger partial charge in [-0.15, -0.1) is 0 Å². The second-order valence-electron chi connectivity index (χ2n) is 4.54. The van der Waals surface area contributed by atoms with Crippen LogP contribution in [0, 0.1) is 0 Å². The average molecular weight is 280 g/mol. The van der Waals surface area contributed by atoms with Gasteiger partial charge in [-0.3, -0.25) is 4.79 Å². The zero-order valence-electron chi connectivity index (χ0n) is 11.6. The monoisotopic (exact) mass is 280 g/mol. The Balaban J connectivity index is 1.98. The fraction of sp³-hybridized carbons (Fsp3) is 0.583. The summed E-state index contributed by atoms with van der Waals surface area (Å²) in [5.74, 6) is 6.61. The highest BCUT2D eigenvalue weighted by Gasteiger charge is 2.17. The molecule has 1 aromatic rings. The molecule has 0 spiro atoms. The summed E-state index contributed by atoms with van der Waals surface area (Å²) in [4.78, 5) is 21.9. The Morgan fingerprint density at radius 1 is 1.35 bits per heavy atom. The van der Waals surface area contributed by atoms with Gasteiger partial charge in [0.1, 0.15) is 6.33 Å². The summed E-state index contributed by atoms with van der Waals surface area (Å²) in [6.07, 6.45) is 4.70. The van der Waals surface area contributed by atoms with Crippen molar-refractivity contribution < 1.29 is 9.53 Å². The largest absolute Gasteiger partial charge is 0.490 e. The molecule has 1 amide bonds. The summed E-state index contributed by atoms with van der Waals surface area (Å²) in [5.41, 5.74) is 2.43. The predicted molar refractivity (Wildman–Crippen MR) is 75.3 cm³/mol. The zero-order chi connectivity index (χ0) is 14.4. The van der Waals surface area contributed by atoms with Crippen molar-refractivity contribution in [2.75, 3.05) is 37.5 Å². The van der Waals surface area contributed by atoms with E-state index in [-0.39, 0.29) is 12.5 Å². The molecular formula is C12H20N6O2. The summed E-state index contributed by atoms with van der Waals surface area (Å²) < 4.78 is 5.19. The van der Waals surface area contributed by atoms with Crippen LogP contribution < -0.4 is 21.3 Å². The molecule has 2 heterocycles. The molecule has 0 atom stereocenters. The van der Waals surface area contributed by atoms with Gasteiger partial charge in [-0.1, -0.05) is 0 Å². The van der Waals surface area contributed by atoms with Crippen LogP contribution in [-0.4, -0.2) is 47.5 Å². The topological polar surface area (TPSA) is 105 Å². The molecule has 20 heavy (non-hydrogen) atoms. The molecule has 8 nitrogen and oxygen atoms in total. The Hall–Kier alpha value is -2.09. The number of carbonyl (C=O) groups is 1. The predicted octanol–water partition coefficient (Wildman–Crippen LogP) is 0.195. The van der Waals surface area contributed by atoms with Crippen molar-refractivity contribution in [3.05, 3.63) is 6.33 Å². The van der Waals surface area contributed by atoms with E-state index in [0.717, 1.165) is 25.9 Å². The van der Waals surface area contributed by atoms with Gasteiger partial charge in [-0.25, -0.2) is 15.8 Å². The molecule has 1 saturated heterocycles. The van der Waals surface area contributed by atoms with Gasteiger partial charge in [0.25, 0.3) is 0 Å². The van der Waals surface area contributed by atoms with E-state index in [2.05, 4.69) is 20.7 Å². The number of anilines is 2. The third kappa shape index (κ3) is 3.27. The number of amides is 1. The van der Waals surface area contributed by atoms with Crippen LogP contribution in [0.15, 0.2) is 6.33 Å². The van der Waals surface area contributed by atoms with Gasteiger partial charge >= 0.3 is 0 Å². The molecule has 0 bridgehead atoms. The number of likely N-dealkylation sites (tertiary alicyclic amines) is 1. The molecule has 4 N–H and O–H groups in total. The van der Waals surface area contributed by atoms with Crippen molar-refractivity contribution in [3.8, 4) is 5.75 Å². The lowest BCUT2D eigenvalue weighted by atomic mass is 10.1. The molecule has 0 aliphatic carbocycles. The van der Waals surface area contributed by atoms with Crippen molar-refractivity contribution in [3.63, 3.8) is 0 Å². The molecule has 1 fully saturated rings. The Bertz CT molecular complexity index is 461. The van der Waals surface area contributed by atoms with Gasteiger partial charge in [0.05, 0.1) is 13.7 Å². The van der Waals surface area contributed by atoms with Crippen LogP contribution in [-0.2, 0) is 4.79 Å². The summed E-state index contributed by atoms with van der Waals surface area (Å²) in [5, 5.41) is 2.97. The fourth-order valence-electron chi connectivity index (χ4n) is 2.21. The lowest BCUT2D eigenvalue weighted by Gasteiger charge is -2.26. The van der Waals surface area contributed by atoms with Crippen LogP contribution in [0.4, 0.5) is 11.6 Å². The minimum absolute atomic E-state index is 0.0626. The first-order valence-corrected chi connectivity index (χ1v) is 6.63. The number of hydrogen-bond donors (Lipinski definition) is 3. The fourth-order valence-corrected chi connectivity index (χ4v) is 2.21. The van der Waals surface area contributed by atoms with Crippen LogP contribution in [0.5, 0.6) is 5.75 Å². The summed E-state index contributed by atoms with van der Waals surface area (Å²) in [7, 11) is 1.50. The van der Waals surface area contributed by atoms with Gasteiger partial charge in [-0.2, -0.15) is 0 Å². The third-order valence-electron chi connectivity index (χ3n) is 3.26. The number of methoxy groups -OCH3 is 1. The maximum absolute atomic E-state index is 12.1. The van der Waals surface area contributed by atoms with E-state index in [9.17, 15) is 4.79 Å². The van der Waals surface area contributed by atoms with Crippen LogP contribution in [0.3, 0.4) is 0 Å². The highest BCUT2D eigenvalue weighted by atomic mass is 16.5. The molecule has 110 valence electrons. The minimum Gasteiger partial charge on any atom is -0.490 e. The molecular weight excluding hydrogens is 260 g/mol. The number of nitrogens with two attached hydrogens (primary N) is 1. The summed E-state index contributed by atoms with van der Waals surface area (Å²) in [6, 6.07) is 0. The van der Waals surface area contributed by atoms with Gasteiger partial charge in [0, 0.05) is 13.1 Å². The molecule has 2 rings (SSSR count). The van der Waals surface area contributed by atoms with Gasteiger partial charge in [0.15, 0.2) is 11.6 Å². The molecule has 0 aromatic carbocycles. The van der Waals surface area contributed by atoms with Crippen molar-refractivity contribution in [2.24, 2.45) is 5.84 Å². The smallest absolute Gasteiger partial charge is 0.241 e. The number of hydrazine groups is 1. The van der Waals surface area contributed by atoms with E-state index in [1.54, 1.807) is 0 Å².